The molecule has 1 unspecified atom stereocenters. The molecule has 1 saturated heterocycles. The highest BCUT2D eigenvalue weighted by Crippen LogP contribution is 2.18. The van der Waals surface area contributed by atoms with Crippen molar-refractivity contribution in [1.82, 2.24) is 4.98 Å². The molecule has 1 fully saturated rings. The molecule has 2 N–H and O–H groups in total. The van der Waals surface area contributed by atoms with Crippen molar-refractivity contribution >= 4 is 11.5 Å². The smallest absolute Gasteiger partial charge is 0.130 e. The molecule has 2 rings (SSSR count). The first-order chi connectivity index (χ1) is 7.29. The second-order valence-electron chi connectivity index (χ2n) is 3.79. The number of morpholine rings is 1. The summed E-state index contributed by atoms with van der Waals surface area (Å²) in [5.41, 5.74) is 6.50. The highest BCUT2D eigenvalue weighted by atomic mass is 16.5. The molecule has 4 nitrogen and oxygen atoms in total. The zero-order chi connectivity index (χ0) is 10.7. The molecule has 0 aromatic carbocycles. The van der Waals surface area contributed by atoms with Crippen LogP contribution in [0.4, 0.5) is 11.5 Å². The number of anilines is 2. The summed E-state index contributed by atoms with van der Waals surface area (Å²) in [6.07, 6.45) is 3.11. The van der Waals surface area contributed by atoms with E-state index in [0.717, 1.165) is 37.6 Å². The van der Waals surface area contributed by atoms with Gasteiger partial charge >= 0.3 is 0 Å². The zero-order valence-corrected chi connectivity index (χ0v) is 9.02. The lowest BCUT2D eigenvalue weighted by molar-refractivity contribution is 0.0382. The van der Waals surface area contributed by atoms with Crippen LogP contribution in [0.25, 0.3) is 0 Å². The fraction of sp³-hybridized carbons (Fsp3) is 0.545. The van der Waals surface area contributed by atoms with E-state index in [4.69, 9.17) is 10.5 Å². The van der Waals surface area contributed by atoms with E-state index in [-0.39, 0.29) is 0 Å². The monoisotopic (exact) mass is 207 g/mol. The van der Waals surface area contributed by atoms with Gasteiger partial charge in [0, 0.05) is 31.0 Å². The normalized spacial score (nSPS) is 21.7. The van der Waals surface area contributed by atoms with Crippen LogP contribution in [-0.4, -0.2) is 30.8 Å². The lowest BCUT2D eigenvalue weighted by Gasteiger charge is -2.33. The van der Waals surface area contributed by atoms with Crippen LogP contribution < -0.4 is 10.6 Å². The molecule has 0 saturated carbocycles. The van der Waals surface area contributed by atoms with Gasteiger partial charge in [0.15, 0.2) is 0 Å². The van der Waals surface area contributed by atoms with Crippen LogP contribution in [0.2, 0.25) is 0 Å². The molecular weight excluding hydrogens is 190 g/mol. The van der Waals surface area contributed by atoms with E-state index in [2.05, 4.69) is 16.8 Å². The Morgan fingerprint density at radius 3 is 3.27 bits per heavy atom. The van der Waals surface area contributed by atoms with Gasteiger partial charge in [-0.1, -0.05) is 6.92 Å². The van der Waals surface area contributed by atoms with Crippen LogP contribution in [0.5, 0.6) is 0 Å². The number of nitrogens with two attached hydrogens (primary N) is 1. The maximum Gasteiger partial charge on any atom is 0.130 e. The molecule has 15 heavy (non-hydrogen) atoms. The summed E-state index contributed by atoms with van der Waals surface area (Å²) in [5.74, 6) is 0.955. The van der Waals surface area contributed by atoms with Crippen molar-refractivity contribution in [3.8, 4) is 0 Å². The summed E-state index contributed by atoms with van der Waals surface area (Å²) < 4.78 is 5.61. The summed E-state index contributed by atoms with van der Waals surface area (Å²) in [7, 11) is 0. The number of ether oxygens (including phenoxy) is 1. The molecule has 0 radical (unpaired) electrons. The van der Waals surface area contributed by atoms with Crippen molar-refractivity contribution < 1.29 is 4.74 Å². The molecular formula is C11H17N3O. The first-order valence-corrected chi connectivity index (χ1v) is 5.37. The van der Waals surface area contributed by atoms with Gasteiger partial charge in [0.25, 0.3) is 0 Å². The van der Waals surface area contributed by atoms with E-state index in [1.54, 1.807) is 12.3 Å². The minimum atomic E-state index is 0.321. The van der Waals surface area contributed by atoms with Crippen LogP contribution in [0.15, 0.2) is 18.3 Å². The van der Waals surface area contributed by atoms with Gasteiger partial charge in [0.2, 0.25) is 0 Å². The highest BCUT2D eigenvalue weighted by Gasteiger charge is 2.19. The third-order valence-corrected chi connectivity index (χ3v) is 2.69. The van der Waals surface area contributed by atoms with E-state index < -0.39 is 0 Å². The Morgan fingerprint density at radius 1 is 1.67 bits per heavy atom. The van der Waals surface area contributed by atoms with Crippen molar-refractivity contribution in [1.29, 1.82) is 0 Å². The van der Waals surface area contributed by atoms with Gasteiger partial charge in [-0.25, -0.2) is 4.98 Å². The Bertz CT molecular complexity index is 329. The van der Waals surface area contributed by atoms with Crippen LogP contribution in [-0.2, 0) is 4.74 Å². The summed E-state index contributed by atoms with van der Waals surface area (Å²) in [5, 5.41) is 0. The molecule has 82 valence electrons. The molecule has 1 aromatic rings. The van der Waals surface area contributed by atoms with Crippen molar-refractivity contribution in [3.05, 3.63) is 18.3 Å². The molecule has 0 amide bonds. The summed E-state index contributed by atoms with van der Waals surface area (Å²) in [6, 6.07) is 3.72. The van der Waals surface area contributed by atoms with Crippen molar-refractivity contribution in [2.45, 2.75) is 19.4 Å². The fourth-order valence-corrected chi connectivity index (χ4v) is 1.78. The van der Waals surface area contributed by atoms with E-state index in [1.165, 1.54) is 0 Å². The molecule has 1 aliphatic heterocycles. The first kappa shape index (κ1) is 10.2. The molecule has 4 heteroatoms. The van der Waals surface area contributed by atoms with E-state index >= 15 is 0 Å². The van der Waals surface area contributed by atoms with Crippen molar-refractivity contribution in [2.24, 2.45) is 0 Å². The summed E-state index contributed by atoms with van der Waals surface area (Å²) >= 11 is 0. The van der Waals surface area contributed by atoms with Gasteiger partial charge in [-0.15, -0.1) is 0 Å². The number of nitrogens with zero attached hydrogens (tertiary/aromatic N) is 2. The third kappa shape index (κ3) is 2.39. The Balaban J connectivity index is 2.09. The maximum atomic E-state index is 5.73. The fourth-order valence-electron chi connectivity index (χ4n) is 1.78. The van der Waals surface area contributed by atoms with Gasteiger partial charge in [-0.2, -0.15) is 0 Å². The first-order valence-electron chi connectivity index (χ1n) is 5.37. The minimum Gasteiger partial charge on any atom is -0.399 e. The Morgan fingerprint density at radius 2 is 2.53 bits per heavy atom. The standard InChI is InChI=1S/C11H17N3O/c1-2-10-8-14(5-6-15-10)11-7-9(12)3-4-13-11/h3-4,7,10H,2,5-6,8H2,1H3,(H2,12,13). The number of hydrogen-bond acceptors (Lipinski definition) is 4. The van der Waals surface area contributed by atoms with Crippen molar-refractivity contribution in [2.75, 3.05) is 30.3 Å². The van der Waals surface area contributed by atoms with E-state index in [9.17, 15) is 0 Å². The molecule has 0 spiro atoms. The quantitative estimate of drug-likeness (QED) is 0.793. The Kier molecular flexibility index (Phi) is 3.06. The number of hydrogen-bond donors (Lipinski definition) is 1. The predicted molar refractivity (Wildman–Crippen MR) is 60.9 cm³/mol. The van der Waals surface area contributed by atoms with Crippen molar-refractivity contribution in [3.63, 3.8) is 0 Å². The summed E-state index contributed by atoms with van der Waals surface area (Å²) in [6.45, 7) is 4.72. The van der Waals surface area contributed by atoms with Gasteiger partial charge < -0.3 is 15.4 Å². The number of nitrogen functional groups attached to an aromatic ring is 1. The lowest BCUT2D eigenvalue weighted by atomic mass is 10.2. The largest absolute Gasteiger partial charge is 0.399 e. The van der Waals surface area contributed by atoms with Crippen LogP contribution in [0.1, 0.15) is 13.3 Å². The SMILES string of the molecule is CCC1CN(c2cc(N)ccn2)CCO1. The topological polar surface area (TPSA) is 51.4 Å². The number of aromatic nitrogens is 1. The molecule has 2 heterocycles. The van der Waals surface area contributed by atoms with Gasteiger partial charge in [-0.05, 0) is 12.5 Å². The molecule has 1 atom stereocenters. The van der Waals surface area contributed by atoms with Gasteiger partial charge in [-0.3, -0.25) is 0 Å². The number of rotatable bonds is 2. The Labute approximate surface area is 90.0 Å². The average Bonchev–Trinajstić information content (AvgIpc) is 2.29. The third-order valence-electron chi connectivity index (χ3n) is 2.69. The second kappa shape index (κ2) is 4.49. The number of pyridine rings is 1. The molecule has 1 aromatic heterocycles. The zero-order valence-electron chi connectivity index (χ0n) is 9.02. The van der Waals surface area contributed by atoms with E-state index in [0.29, 0.717) is 6.10 Å². The molecule has 1 aliphatic rings. The van der Waals surface area contributed by atoms with Gasteiger partial charge in [0.05, 0.1) is 12.7 Å². The van der Waals surface area contributed by atoms with Crippen LogP contribution >= 0.6 is 0 Å². The lowest BCUT2D eigenvalue weighted by Crippen LogP contribution is -2.42. The van der Waals surface area contributed by atoms with E-state index in [1.807, 2.05) is 6.07 Å². The predicted octanol–water partition coefficient (Wildman–Crippen LogP) is 1.28. The second-order valence-corrected chi connectivity index (χ2v) is 3.79. The molecule has 0 aliphatic carbocycles. The summed E-state index contributed by atoms with van der Waals surface area (Å²) in [4.78, 5) is 6.55. The highest BCUT2D eigenvalue weighted by molar-refractivity contribution is 5.50. The average molecular weight is 207 g/mol. The Hall–Kier alpha value is -1.29. The van der Waals surface area contributed by atoms with Crippen LogP contribution in [0, 0.1) is 0 Å². The minimum absolute atomic E-state index is 0.321. The molecule has 0 bridgehead atoms. The van der Waals surface area contributed by atoms with Crippen LogP contribution in [0.3, 0.4) is 0 Å². The maximum absolute atomic E-state index is 5.73. The van der Waals surface area contributed by atoms with Gasteiger partial charge in [0.1, 0.15) is 5.82 Å².